The molecule has 5 heteroatoms. The van der Waals surface area contributed by atoms with E-state index in [2.05, 4.69) is 10.4 Å². The zero-order chi connectivity index (χ0) is 11.3. The summed E-state index contributed by atoms with van der Waals surface area (Å²) in [5.41, 5.74) is 1.62. The molecule has 0 radical (unpaired) electrons. The van der Waals surface area contributed by atoms with Crippen molar-refractivity contribution >= 4 is 23.2 Å². The molecule has 1 aromatic rings. The highest BCUT2D eigenvalue weighted by atomic mass is 35.5. The molecule has 1 aromatic heterocycles. The number of halogens is 1. The number of carbonyl (C=O) groups is 1. The zero-order valence-electron chi connectivity index (χ0n) is 9.09. The Balaban J connectivity index is 2.41. The van der Waals surface area contributed by atoms with Crippen molar-refractivity contribution < 1.29 is 4.79 Å². The van der Waals surface area contributed by atoms with Crippen molar-refractivity contribution in [1.82, 2.24) is 9.78 Å². The van der Waals surface area contributed by atoms with Crippen molar-refractivity contribution in [1.29, 1.82) is 0 Å². The van der Waals surface area contributed by atoms with Crippen LogP contribution in [0.25, 0.3) is 0 Å². The third kappa shape index (κ3) is 3.91. The molecule has 0 atom stereocenters. The Bertz CT molecular complexity index is 335. The Labute approximate surface area is 94.6 Å². The van der Waals surface area contributed by atoms with E-state index < -0.39 is 0 Å². The first-order chi connectivity index (χ1) is 7.13. The molecule has 0 bridgehead atoms. The van der Waals surface area contributed by atoms with Crippen LogP contribution in [0.15, 0.2) is 6.20 Å². The van der Waals surface area contributed by atoms with Crippen LogP contribution in [-0.4, -0.2) is 21.6 Å². The number of unbranched alkanes of at least 4 members (excludes halogenated alkanes) is 1. The van der Waals surface area contributed by atoms with Crippen molar-refractivity contribution in [2.75, 3.05) is 11.2 Å². The van der Waals surface area contributed by atoms with Crippen LogP contribution in [0.5, 0.6) is 0 Å². The molecule has 1 N–H and O–H groups in total. The van der Waals surface area contributed by atoms with Gasteiger partial charge in [0, 0.05) is 25.5 Å². The highest BCUT2D eigenvalue weighted by Crippen LogP contribution is 2.12. The molecule has 0 unspecified atom stereocenters. The number of amides is 1. The number of anilines is 1. The van der Waals surface area contributed by atoms with Crippen LogP contribution in [0.2, 0.25) is 0 Å². The Kier molecular flexibility index (Phi) is 4.62. The quantitative estimate of drug-likeness (QED) is 0.621. The maximum Gasteiger partial charge on any atom is 0.224 e. The molecule has 1 heterocycles. The number of alkyl halides is 1. The molecule has 0 saturated carbocycles. The molecule has 0 saturated heterocycles. The Morgan fingerprint density at radius 1 is 1.60 bits per heavy atom. The van der Waals surface area contributed by atoms with Gasteiger partial charge in [0.05, 0.1) is 11.4 Å². The summed E-state index contributed by atoms with van der Waals surface area (Å²) in [6.45, 7) is 1.87. The number of hydrogen-bond acceptors (Lipinski definition) is 2. The zero-order valence-corrected chi connectivity index (χ0v) is 9.84. The summed E-state index contributed by atoms with van der Waals surface area (Å²) in [5.74, 6) is 0.635. The summed E-state index contributed by atoms with van der Waals surface area (Å²) in [6, 6.07) is 0. The molecule has 0 aliphatic heterocycles. The Hall–Kier alpha value is -1.03. The minimum Gasteiger partial charge on any atom is -0.323 e. The van der Waals surface area contributed by atoms with E-state index in [4.69, 9.17) is 11.6 Å². The largest absolute Gasteiger partial charge is 0.323 e. The lowest BCUT2D eigenvalue weighted by Crippen LogP contribution is -2.11. The number of aromatic nitrogens is 2. The van der Waals surface area contributed by atoms with Crippen molar-refractivity contribution in [3.8, 4) is 0 Å². The predicted molar refractivity (Wildman–Crippen MR) is 61.1 cm³/mol. The average molecular weight is 230 g/mol. The highest BCUT2D eigenvalue weighted by molar-refractivity contribution is 6.17. The fourth-order valence-corrected chi connectivity index (χ4v) is 1.50. The van der Waals surface area contributed by atoms with E-state index in [0.29, 0.717) is 12.3 Å². The van der Waals surface area contributed by atoms with Gasteiger partial charge in [-0.05, 0) is 19.8 Å². The van der Waals surface area contributed by atoms with Crippen molar-refractivity contribution in [3.05, 3.63) is 11.9 Å². The summed E-state index contributed by atoms with van der Waals surface area (Å²) < 4.78 is 1.68. The third-order valence-electron chi connectivity index (χ3n) is 2.08. The van der Waals surface area contributed by atoms with Gasteiger partial charge in [-0.15, -0.1) is 11.6 Å². The molecule has 0 spiro atoms. The predicted octanol–water partition coefficient (Wildman–Crippen LogP) is 2.08. The minimum absolute atomic E-state index is 0.0243. The molecule has 84 valence electrons. The maximum atomic E-state index is 11.5. The lowest BCUT2D eigenvalue weighted by atomic mass is 10.2. The van der Waals surface area contributed by atoms with Crippen molar-refractivity contribution in [2.24, 2.45) is 7.05 Å². The first kappa shape index (κ1) is 12.0. The van der Waals surface area contributed by atoms with Crippen LogP contribution in [0.1, 0.15) is 25.0 Å². The monoisotopic (exact) mass is 229 g/mol. The average Bonchev–Trinajstić information content (AvgIpc) is 2.45. The maximum absolute atomic E-state index is 11.5. The van der Waals surface area contributed by atoms with Crippen molar-refractivity contribution in [2.45, 2.75) is 26.2 Å². The molecular weight excluding hydrogens is 214 g/mol. The van der Waals surface area contributed by atoms with E-state index in [1.807, 2.05) is 14.0 Å². The number of nitrogens with one attached hydrogen (secondary N) is 1. The van der Waals surface area contributed by atoms with Crippen LogP contribution < -0.4 is 5.32 Å². The Morgan fingerprint density at radius 2 is 2.33 bits per heavy atom. The number of aryl methyl sites for hydroxylation is 2. The molecule has 0 fully saturated rings. The first-order valence-electron chi connectivity index (χ1n) is 4.99. The molecule has 0 aromatic carbocycles. The van der Waals surface area contributed by atoms with E-state index >= 15 is 0 Å². The molecule has 1 amide bonds. The standard InChI is InChI=1S/C10H16ClN3O/c1-8-9(7-14(2)13-8)12-10(15)5-3-4-6-11/h7H,3-6H2,1-2H3,(H,12,15). The molecule has 15 heavy (non-hydrogen) atoms. The van der Waals surface area contributed by atoms with Crippen LogP contribution in [0.4, 0.5) is 5.69 Å². The fraction of sp³-hybridized carbons (Fsp3) is 0.600. The second kappa shape index (κ2) is 5.75. The summed E-state index contributed by atoms with van der Waals surface area (Å²) in [5, 5.41) is 6.97. The van der Waals surface area contributed by atoms with E-state index in [1.165, 1.54) is 0 Å². The normalized spacial score (nSPS) is 10.3. The number of carbonyl (C=O) groups excluding carboxylic acids is 1. The SMILES string of the molecule is Cc1nn(C)cc1NC(=O)CCCCCl. The van der Waals surface area contributed by atoms with Gasteiger partial charge in [0.2, 0.25) is 5.91 Å². The van der Waals surface area contributed by atoms with Gasteiger partial charge < -0.3 is 5.32 Å². The molecule has 4 nitrogen and oxygen atoms in total. The number of nitrogens with zero attached hydrogens (tertiary/aromatic N) is 2. The van der Waals surface area contributed by atoms with Gasteiger partial charge in [0.25, 0.3) is 0 Å². The van der Waals surface area contributed by atoms with E-state index in [0.717, 1.165) is 24.2 Å². The summed E-state index contributed by atoms with van der Waals surface area (Å²) >= 11 is 5.53. The lowest BCUT2D eigenvalue weighted by Gasteiger charge is -2.02. The van der Waals surface area contributed by atoms with Gasteiger partial charge in [-0.2, -0.15) is 5.10 Å². The van der Waals surface area contributed by atoms with Gasteiger partial charge in [-0.25, -0.2) is 0 Å². The minimum atomic E-state index is 0.0243. The van der Waals surface area contributed by atoms with Crippen LogP contribution in [0.3, 0.4) is 0 Å². The van der Waals surface area contributed by atoms with Crippen LogP contribution in [0, 0.1) is 6.92 Å². The van der Waals surface area contributed by atoms with Gasteiger partial charge in [0.1, 0.15) is 0 Å². The van der Waals surface area contributed by atoms with E-state index in [9.17, 15) is 4.79 Å². The van der Waals surface area contributed by atoms with Crippen molar-refractivity contribution in [3.63, 3.8) is 0 Å². The summed E-state index contributed by atoms with van der Waals surface area (Å²) in [6.07, 6.45) is 4.02. The number of rotatable bonds is 5. The molecule has 0 aliphatic carbocycles. The highest BCUT2D eigenvalue weighted by Gasteiger charge is 2.06. The summed E-state index contributed by atoms with van der Waals surface area (Å²) in [7, 11) is 1.83. The first-order valence-corrected chi connectivity index (χ1v) is 5.53. The van der Waals surface area contributed by atoms with E-state index in [-0.39, 0.29) is 5.91 Å². The topological polar surface area (TPSA) is 46.9 Å². The van der Waals surface area contributed by atoms with Gasteiger partial charge in [0.15, 0.2) is 0 Å². The van der Waals surface area contributed by atoms with Gasteiger partial charge in [-0.1, -0.05) is 0 Å². The molecule has 1 rings (SSSR count). The second-order valence-electron chi connectivity index (χ2n) is 3.50. The summed E-state index contributed by atoms with van der Waals surface area (Å²) in [4.78, 5) is 11.5. The molecule has 0 aliphatic rings. The third-order valence-corrected chi connectivity index (χ3v) is 2.34. The Morgan fingerprint density at radius 3 is 2.87 bits per heavy atom. The lowest BCUT2D eigenvalue weighted by molar-refractivity contribution is -0.116. The smallest absolute Gasteiger partial charge is 0.224 e. The second-order valence-corrected chi connectivity index (χ2v) is 3.87. The van der Waals surface area contributed by atoms with Gasteiger partial charge in [-0.3, -0.25) is 9.48 Å². The van der Waals surface area contributed by atoms with Crippen LogP contribution >= 0.6 is 11.6 Å². The molecular formula is C10H16ClN3O. The fourth-order valence-electron chi connectivity index (χ4n) is 1.32. The number of hydrogen-bond donors (Lipinski definition) is 1. The van der Waals surface area contributed by atoms with E-state index in [1.54, 1.807) is 10.9 Å². The van der Waals surface area contributed by atoms with Crippen LogP contribution in [-0.2, 0) is 11.8 Å². The van der Waals surface area contributed by atoms with Gasteiger partial charge >= 0.3 is 0 Å².